The van der Waals surface area contributed by atoms with E-state index in [0.29, 0.717) is 18.3 Å². The topological polar surface area (TPSA) is 51.5 Å². The van der Waals surface area contributed by atoms with Crippen molar-refractivity contribution in [3.8, 4) is 0 Å². The molecule has 5 heteroatoms. The Bertz CT molecular complexity index is 373. The second-order valence-corrected chi connectivity index (χ2v) is 4.27. The first kappa shape index (κ1) is 11.5. The highest BCUT2D eigenvalue weighted by Gasteiger charge is 2.28. The molecule has 0 amide bonds. The van der Waals surface area contributed by atoms with Gasteiger partial charge < -0.3 is 14.5 Å². The van der Waals surface area contributed by atoms with Gasteiger partial charge in [0.15, 0.2) is 5.22 Å². The van der Waals surface area contributed by atoms with E-state index in [0.717, 1.165) is 0 Å². The van der Waals surface area contributed by atoms with E-state index in [9.17, 15) is 4.79 Å². The lowest BCUT2D eigenvalue weighted by molar-refractivity contribution is -0.142. The fourth-order valence-corrected chi connectivity index (χ4v) is 1.68. The van der Waals surface area contributed by atoms with Crippen LogP contribution in [0.2, 0.25) is 5.22 Å². The molecule has 1 N–H and O–H groups in total. The molecule has 1 aromatic rings. The molecule has 1 saturated carbocycles. The Morgan fingerprint density at radius 2 is 2.44 bits per heavy atom. The van der Waals surface area contributed by atoms with E-state index in [1.165, 1.54) is 20.0 Å². The van der Waals surface area contributed by atoms with Gasteiger partial charge in [-0.2, -0.15) is 0 Å². The molecule has 1 atom stereocenters. The number of furan rings is 1. The molecule has 0 bridgehead atoms. The Labute approximate surface area is 98.9 Å². The number of nitrogens with one attached hydrogen (secondary N) is 1. The third kappa shape index (κ3) is 2.77. The molecule has 0 aliphatic heterocycles. The Morgan fingerprint density at radius 1 is 1.69 bits per heavy atom. The number of methoxy groups -OCH3 is 1. The molecule has 88 valence electrons. The lowest BCUT2D eigenvalue weighted by Gasteiger charge is -2.12. The summed E-state index contributed by atoms with van der Waals surface area (Å²) in [6, 6.07) is 3.88. The van der Waals surface area contributed by atoms with E-state index in [4.69, 9.17) is 20.8 Å². The monoisotopic (exact) mass is 243 g/mol. The average molecular weight is 244 g/mol. The second kappa shape index (κ2) is 4.89. The van der Waals surface area contributed by atoms with Crippen molar-refractivity contribution in [1.29, 1.82) is 0 Å². The number of carbonyl (C=O) groups excluding carboxylic acids is 1. The molecule has 0 saturated heterocycles. The molecule has 1 aliphatic rings. The number of hydrogen-bond donors (Lipinski definition) is 1. The number of halogens is 1. The fraction of sp³-hybridized carbons (Fsp3) is 0.545. The number of esters is 1. The lowest BCUT2D eigenvalue weighted by Crippen LogP contribution is -2.28. The van der Waals surface area contributed by atoms with Crippen molar-refractivity contribution in [3.05, 3.63) is 23.1 Å². The van der Waals surface area contributed by atoms with Gasteiger partial charge in [-0.3, -0.25) is 4.79 Å². The van der Waals surface area contributed by atoms with Gasteiger partial charge in [0.25, 0.3) is 0 Å². The number of rotatable bonds is 5. The van der Waals surface area contributed by atoms with Crippen LogP contribution in [0.15, 0.2) is 16.5 Å². The average Bonchev–Trinajstić information content (AvgIpc) is 3.01. The van der Waals surface area contributed by atoms with Gasteiger partial charge in [-0.05, 0) is 36.6 Å². The second-order valence-electron chi connectivity index (χ2n) is 3.90. The van der Waals surface area contributed by atoms with Gasteiger partial charge in [0, 0.05) is 12.6 Å². The lowest BCUT2D eigenvalue weighted by atomic mass is 10.1. The van der Waals surface area contributed by atoms with Crippen LogP contribution >= 0.6 is 11.6 Å². The molecular weight excluding hydrogens is 230 g/mol. The zero-order valence-electron chi connectivity index (χ0n) is 9.03. The molecule has 0 radical (unpaired) electrons. The summed E-state index contributed by atoms with van der Waals surface area (Å²) in [5.74, 6) is -0.178. The maximum atomic E-state index is 11.6. The summed E-state index contributed by atoms with van der Waals surface area (Å²) < 4.78 is 9.99. The van der Waals surface area contributed by atoms with E-state index in [1.54, 1.807) is 12.1 Å². The zero-order valence-corrected chi connectivity index (χ0v) is 9.79. The van der Waals surface area contributed by atoms with E-state index in [-0.39, 0.29) is 11.2 Å². The maximum absolute atomic E-state index is 11.6. The van der Waals surface area contributed by atoms with Crippen LogP contribution in [-0.4, -0.2) is 25.7 Å². The Kier molecular flexibility index (Phi) is 3.51. The third-order valence-corrected chi connectivity index (χ3v) is 2.81. The van der Waals surface area contributed by atoms with Gasteiger partial charge in [0.05, 0.1) is 7.11 Å². The molecule has 1 unspecified atom stereocenters. The molecule has 0 spiro atoms. The van der Waals surface area contributed by atoms with Gasteiger partial charge >= 0.3 is 5.97 Å². The highest BCUT2D eigenvalue weighted by molar-refractivity contribution is 6.28. The van der Waals surface area contributed by atoms with Gasteiger partial charge in [-0.1, -0.05) is 0 Å². The smallest absolute Gasteiger partial charge is 0.317 e. The third-order valence-electron chi connectivity index (χ3n) is 2.61. The number of hydrogen-bond acceptors (Lipinski definition) is 4. The van der Waals surface area contributed by atoms with Crippen molar-refractivity contribution >= 4 is 17.6 Å². The number of ether oxygens (including phenoxy) is 1. The molecule has 1 fully saturated rings. The highest BCUT2D eigenvalue weighted by Crippen LogP contribution is 2.24. The highest BCUT2D eigenvalue weighted by atomic mass is 35.5. The molecule has 1 heterocycles. The van der Waals surface area contributed by atoms with Gasteiger partial charge in [0.2, 0.25) is 0 Å². The van der Waals surface area contributed by atoms with Crippen LogP contribution in [0.1, 0.15) is 24.5 Å². The van der Waals surface area contributed by atoms with E-state index in [1.807, 2.05) is 0 Å². The summed E-state index contributed by atoms with van der Waals surface area (Å²) in [7, 11) is 1.37. The molecule has 0 aromatic carbocycles. The largest absolute Gasteiger partial charge is 0.468 e. The minimum Gasteiger partial charge on any atom is -0.468 e. The van der Waals surface area contributed by atoms with E-state index < -0.39 is 5.92 Å². The van der Waals surface area contributed by atoms with Crippen molar-refractivity contribution in [2.75, 3.05) is 13.7 Å². The Balaban J connectivity index is 2.03. The van der Waals surface area contributed by atoms with Crippen LogP contribution < -0.4 is 5.32 Å². The van der Waals surface area contributed by atoms with E-state index in [2.05, 4.69) is 5.32 Å². The minimum absolute atomic E-state index is 0.287. The summed E-state index contributed by atoms with van der Waals surface area (Å²) >= 11 is 5.69. The molecule has 1 aromatic heterocycles. The Morgan fingerprint density at radius 3 is 2.94 bits per heavy atom. The normalized spacial score (nSPS) is 17.1. The predicted molar refractivity (Wildman–Crippen MR) is 59.5 cm³/mol. The van der Waals surface area contributed by atoms with Crippen molar-refractivity contribution in [2.45, 2.75) is 24.8 Å². The quantitative estimate of drug-likeness (QED) is 0.803. The fourth-order valence-electron chi connectivity index (χ4n) is 1.53. The Hall–Kier alpha value is -1.00. The predicted octanol–water partition coefficient (Wildman–Crippen LogP) is 1.94. The van der Waals surface area contributed by atoms with Crippen molar-refractivity contribution in [1.82, 2.24) is 5.32 Å². The zero-order chi connectivity index (χ0) is 11.5. The van der Waals surface area contributed by atoms with Crippen molar-refractivity contribution in [3.63, 3.8) is 0 Å². The van der Waals surface area contributed by atoms with Gasteiger partial charge in [-0.15, -0.1) is 0 Å². The SMILES string of the molecule is COC(=O)C(CNC1CC1)c1ccc(Cl)o1. The first-order valence-corrected chi connectivity index (χ1v) is 5.65. The van der Waals surface area contributed by atoms with Crippen LogP contribution in [0.3, 0.4) is 0 Å². The molecule has 2 rings (SSSR count). The van der Waals surface area contributed by atoms with Crippen LogP contribution in [0.25, 0.3) is 0 Å². The molecule has 1 aliphatic carbocycles. The summed E-state index contributed by atoms with van der Waals surface area (Å²) in [5.41, 5.74) is 0. The van der Waals surface area contributed by atoms with Gasteiger partial charge in [-0.25, -0.2) is 0 Å². The van der Waals surface area contributed by atoms with Crippen LogP contribution in [0.5, 0.6) is 0 Å². The summed E-state index contributed by atoms with van der Waals surface area (Å²) in [6.07, 6.45) is 2.35. The van der Waals surface area contributed by atoms with E-state index >= 15 is 0 Å². The van der Waals surface area contributed by atoms with Crippen LogP contribution in [0, 0.1) is 0 Å². The molecule has 16 heavy (non-hydrogen) atoms. The van der Waals surface area contributed by atoms with Crippen molar-refractivity contribution < 1.29 is 13.9 Å². The first-order chi connectivity index (χ1) is 7.70. The molecular formula is C11H14ClNO3. The van der Waals surface area contributed by atoms with Crippen LogP contribution in [0.4, 0.5) is 0 Å². The standard InChI is InChI=1S/C11H14ClNO3/c1-15-11(14)8(6-13-7-2-3-7)9-4-5-10(12)16-9/h4-5,7-8,13H,2-3,6H2,1H3. The number of carbonyl (C=O) groups is 1. The summed E-state index contributed by atoms with van der Waals surface area (Å²) in [6.45, 7) is 0.529. The van der Waals surface area contributed by atoms with Crippen LogP contribution in [-0.2, 0) is 9.53 Å². The first-order valence-electron chi connectivity index (χ1n) is 5.27. The summed E-state index contributed by atoms with van der Waals surface area (Å²) in [4.78, 5) is 11.6. The maximum Gasteiger partial charge on any atom is 0.317 e. The van der Waals surface area contributed by atoms with Gasteiger partial charge in [0.1, 0.15) is 11.7 Å². The minimum atomic E-state index is -0.418. The van der Waals surface area contributed by atoms with Crippen molar-refractivity contribution in [2.24, 2.45) is 0 Å². The molecule has 4 nitrogen and oxygen atoms in total. The summed E-state index contributed by atoms with van der Waals surface area (Å²) in [5, 5.41) is 3.56.